The van der Waals surface area contributed by atoms with Crippen molar-refractivity contribution < 1.29 is 14.0 Å². The first-order valence-corrected chi connectivity index (χ1v) is 8.27. The van der Waals surface area contributed by atoms with Gasteiger partial charge in [0.1, 0.15) is 18.2 Å². The Morgan fingerprint density at radius 1 is 1.00 bits per heavy atom. The lowest BCUT2D eigenvalue weighted by molar-refractivity contribution is 0.132. The maximum atomic E-state index is 12.9. The van der Waals surface area contributed by atoms with Crippen LogP contribution in [0.3, 0.4) is 0 Å². The van der Waals surface area contributed by atoms with Gasteiger partial charge in [0.2, 0.25) is 5.88 Å². The number of benzene rings is 2. The van der Waals surface area contributed by atoms with Crippen molar-refractivity contribution in [2.45, 2.75) is 6.61 Å². The largest absolute Gasteiger partial charge is 0.439 e. The molecule has 0 N–H and O–H groups in total. The Labute approximate surface area is 153 Å². The van der Waals surface area contributed by atoms with E-state index in [0.29, 0.717) is 18.2 Å². The summed E-state index contributed by atoms with van der Waals surface area (Å²) in [5, 5.41) is 3.92. The van der Waals surface area contributed by atoms with Crippen molar-refractivity contribution in [1.29, 1.82) is 0 Å². The lowest BCUT2D eigenvalue weighted by atomic mass is 10.2. The van der Waals surface area contributed by atoms with Gasteiger partial charge < -0.3 is 9.57 Å². The van der Waals surface area contributed by atoms with E-state index in [1.54, 1.807) is 36.7 Å². The molecule has 0 saturated heterocycles. The van der Waals surface area contributed by atoms with Crippen molar-refractivity contribution in [2.24, 2.45) is 5.16 Å². The molecule has 4 nitrogen and oxygen atoms in total. The molecule has 3 aromatic rings. The zero-order valence-electron chi connectivity index (χ0n) is 13.1. The maximum absolute atomic E-state index is 12.9. The van der Waals surface area contributed by atoms with Crippen LogP contribution < -0.4 is 4.74 Å². The number of oxime groups is 1. The Balaban J connectivity index is 1.51. The summed E-state index contributed by atoms with van der Waals surface area (Å²) in [5.74, 6) is 0.627. The zero-order chi connectivity index (χ0) is 17.5. The molecular weight excluding hydrogens is 387 g/mol. The first kappa shape index (κ1) is 17.1. The molecule has 3 rings (SSSR count). The maximum Gasteiger partial charge on any atom is 0.219 e. The van der Waals surface area contributed by atoms with Crippen LogP contribution in [0.5, 0.6) is 11.6 Å². The topological polar surface area (TPSA) is 43.7 Å². The molecule has 2 aromatic carbocycles. The monoisotopic (exact) mass is 400 g/mol. The second-order valence-electron chi connectivity index (χ2n) is 5.12. The normalized spacial score (nSPS) is 10.8. The first-order chi connectivity index (χ1) is 12.2. The van der Waals surface area contributed by atoms with Gasteiger partial charge in [0, 0.05) is 22.3 Å². The van der Waals surface area contributed by atoms with Crippen molar-refractivity contribution in [3.63, 3.8) is 0 Å². The number of ether oxygens (including phenoxy) is 1. The lowest BCUT2D eigenvalue weighted by Gasteiger charge is -2.04. The molecule has 6 heteroatoms. The third-order valence-corrected chi connectivity index (χ3v) is 3.74. The first-order valence-electron chi connectivity index (χ1n) is 7.48. The number of hydrogen-bond acceptors (Lipinski definition) is 4. The van der Waals surface area contributed by atoms with E-state index >= 15 is 0 Å². The minimum absolute atomic E-state index is 0.310. The fraction of sp³-hybridized carbons (Fsp3) is 0.0526. The standard InChI is InChI=1S/C19H14BrFN2O2/c20-16-4-1-14(2-5-16)13-24-23-12-15-3-10-19(22-11-15)25-18-8-6-17(21)7-9-18/h1-12H,13H2/b23-12-. The third-order valence-electron chi connectivity index (χ3n) is 3.22. The number of rotatable bonds is 6. The van der Waals surface area contributed by atoms with Crippen LogP contribution in [-0.2, 0) is 11.4 Å². The Bertz CT molecular complexity index is 835. The molecule has 0 aliphatic heterocycles. The Morgan fingerprint density at radius 2 is 1.76 bits per heavy atom. The number of nitrogens with zero attached hydrogens (tertiary/aromatic N) is 2. The second-order valence-corrected chi connectivity index (χ2v) is 6.04. The van der Waals surface area contributed by atoms with Crippen LogP contribution >= 0.6 is 15.9 Å². The van der Waals surface area contributed by atoms with Crippen LogP contribution in [0, 0.1) is 5.82 Å². The molecule has 25 heavy (non-hydrogen) atoms. The van der Waals surface area contributed by atoms with Gasteiger partial charge in [0.05, 0.1) is 6.21 Å². The van der Waals surface area contributed by atoms with E-state index in [-0.39, 0.29) is 5.82 Å². The molecule has 1 aromatic heterocycles. The van der Waals surface area contributed by atoms with E-state index < -0.39 is 0 Å². The Hall–Kier alpha value is -2.73. The summed E-state index contributed by atoms with van der Waals surface area (Å²) in [6, 6.07) is 17.1. The van der Waals surface area contributed by atoms with Crippen LogP contribution in [0.15, 0.2) is 76.5 Å². The van der Waals surface area contributed by atoms with Gasteiger partial charge >= 0.3 is 0 Å². The molecule has 0 unspecified atom stereocenters. The molecule has 0 aliphatic carbocycles. The van der Waals surface area contributed by atoms with Gasteiger partial charge in [-0.05, 0) is 48.0 Å². The van der Waals surface area contributed by atoms with Gasteiger partial charge in [0.15, 0.2) is 0 Å². The highest BCUT2D eigenvalue weighted by atomic mass is 79.9. The minimum atomic E-state index is -0.310. The van der Waals surface area contributed by atoms with Crippen LogP contribution in [0.4, 0.5) is 4.39 Å². The van der Waals surface area contributed by atoms with E-state index in [1.165, 1.54) is 12.1 Å². The number of hydrogen-bond donors (Lipinski definition) is 0. The van der Waals surface area contributed by atoms with E-state index in [1.807, 2.05) is 24.3 Å². The summed E-state index contributed by atoms with van der Waals surface area (Å²) in [4.78, 5) is 9.44. The van der Waals surface area contributed by atoms with E-state index in [0.717, 1.165) is 15.6 Å². The van der Waals surface area contributed by atoms with Crippen molar-refractivity contribution in [1.82, 2.24) is 4.98 Å². The van der Waals surface area contributed by atoms with Crippen molar-refractivity contribution in [3.05, 3.63) is 88.3 Å². The van der Waals surface area contributed by atoms with Crippen molar-refractivity contribution in [2.75, 3.05) is 0 Å². The highest BCUT2D eigenvalue weighted by molar-refractivity contribution is 9.10. The molecule has 0 atom stereocenters. The highest BCUT2D eigenvalue weighted by Crippen LogP contribution is 2.19. The summed E-state index contributed by atoms with van der Waals surface area (Å²) >= 11 is 3.38. The predicted molar refractivity (Wildman–Crippen MR) is 97.2 cm³/mol. The number of aromatic nitrogens is 1. The molecule has 0 aliphatic rings. The lowest BCUT2D eigenvalue weighted by Crippen LogP contribution is -1.91. The molecule has 0 radical (unpaired) electrons. The summed E-state index contributed by atoms with van der Waals surface area (Å²) in [6.45, 7) is 0.392. The van der Waals surface area contributed by atoms with Crippen LogP contribution in [0.25, 0.3) is 0 Å². The highest BCUT2D eigenvalue weighted by Gasteiger charge is 1.99. The van der Waals surface area contributed by atoms with E-state index in [2.05, 4.69) is 26.1 Å². The van der Waals surface area contributed by atoms with E-state index in [4.69, 9.17) is 9.57 Å². The zero-order valence-corrected chi connectivity index (χ0v) is 14.7. The third kappa shape index (κ3) is 5.39. The van der Waals surface area contributed by atoms with Crippen LogP contribution in [-0.4, -0.2) is 11.2 Å². The quantitative estimate of drug-likeness (QED) is 0.415. The number of halogens is 2. The van der Waals surface area contributed by atoms with Crippen LogP contribution in [0.1, 0.15) is 11.1 Å². The summed E-state index contributed by atoms with van der Waals surface area (Å²) in [5.41, 5.74) is 1.81. The van der Waals surface area contributed by atoms with Crippen LogP contribution in [0.2, 0.25) is 0 Å². The van der Waals surface area contributed by atoms with Gasteiger partial charge in [-0.1, -0.05) is 33.2 Å². The average molecular weight is 401 g/mol. The van der Waals surface area contributed by atoms with Gasteiger partial charge in [-0.2, -0.15) is 0 Å². The fourth-order valence-electron chi connectivity index (χ4n) is 1.94. The summed E-state index contributed by atoms with van der Waals surface area (Å²) < 4.78 is 19.4. The molecule has 1 heterocycles. The Kier molecular flexibility index (Phi) is 5.74. The van der Waals surface area contributed by atoms with E-state index in [9.17, 15) is 4.39 Å². The second kappa shape index (κ2) is 8.39. The Morgan fingerprint density at radius 3 is 2.44 bits per heavy atom. The minimum Gasteiger partial charge on any atom is -0.439 e. The molecule has 0 saturated carbocycles. The smallest absolute Gasteiger partial charge is 0.219 e. The van der Waals surface area contributed by atoms with Crippen molar-refractivity contribution >= 4 is 22.1 Å². The summed E-state index contributed by atoms with van der Waals surface area (Å²) in [6.07, 6.45) is 3.19. The molecule has 0 spiro atoms. The predicted octanol–water partition coefficient (Wildman–Crippen LogP) is 5.33. The van der Waals surface area contributed by atoms with Gasteiger partial charge in [-0.3, -0.25) is 0 Å². The SMILES string of the molecule is Fc1ccc(Oc2ccc(/C=N\OCc3ccc(Br)cc3)cn2)cc1. The average Bonchev–Trinajstić information content (AvgIpc) is 2.63. The van der Waals surface area contributed by atoms with Gasteiger partial charge in [-0.15, -0.1) is 0 Å². The molecular formula is C19H14BrFN2O2. The molecule has 0 amide bonds. The molecule has 0 fully saturated rings. The number of pyridine rings is 1. The molecule has 126 valence electrons. The van der Waals surface area contributed by atoms with Gasteiger partial charge in [0.25, 0.3) is 0 Å². The fourth-order valence-corrected chi connectivity index (χ4v) is 2.21. The van der Waals surface area contributed by atoms with Crippen molar-refractivity contribution in [3.8, 4) is 11.6 Å². The molecule has 0 bridgehead atoms. The summed E-state index contributed by atoms with van der Waals surface area (Å²) in [7, 11) is 0. The van der Waals surface area contributed by atoms with Gasteiger partial charge in [-0.25, -0.2) is 9.37 Å².